The number of morpholine rings is 1. The number of hydrogen-bond donors (Lipinski definition) is 2. The molecule has 2 rings (SSSR count). The first-order valence-corrected chi connectivity index (χ1v) is 11.4. The first kappa shape index (κ1) is 24.9. The molecule has 1 heterocycles. The Hall–Kier alpha value is -1.40. The molecule has 2 N–H and O–H groups in total. The third-order valence-electron chi connectivity index (χ3n) is 4.52. The van der Waals surface area contributed by atoms with Gasteiger partial charge in [0.15, 0.2) is 0 Å². The summed E-state index contributed by atoms with van der Waals surface area (Å²) in [5.74, 6) is -0.337. The number of carbonyl (C=O) groups excluding carboxylic acids is 1. The van der Waals surface area contributed by atoms with Gasteiger partial charge in [-0.05, 0) is 37.6 Å². The Morgan fingerprint density at radius 3 is 2.53 bits per heavy atom. The summed E-state index contributed by atoms with van der Waals surface area (Å²) in [6, 6.07) is 2.33. The molecule has 1 aromatic rings. The van der Waals surface area contributed by atoms with Crippen molar-refractivity contribution in [1.82, 2.24) is 14.9 Å². The fraction of sp³-hybridized carbons (Fsp3) is 0.611. The van der Waals surface area contributed by atoms with Gasteiger partial charge in [-0.3, -0.25) is 9.69 Å². The second-order valence-corrected chi connectivity index (χ2v) is 8.97. The second-order valence-electron chi connectivity index (χ2n) is 6.80. The van der Waals surface area contributed by atoms with E-state index in [4.69, 9.17) is 16.3 Å². The molecule has 1 aliphatic rings. The van der Waals surface area contributed by atoms with Gasteiger partial charge in [0.1, 0.15) is 0 Å². The number of sulfonamides is 1. The normalized spacial score (nSPS) is 15.9. The van der Waals surface area contributed by atoms with Crippen LogP contribution in [0.1, 0.15) is 24.8 Å². The van der Waals surface area contributed by atoms with Crippen LogP contribution in [-0.4, -0.2) is 65.2 Å². The van der Waals surface area contributed by atoms with Crippen molar-refractivity contribution in [3.63, 3.8) is 0 Å². The number of carbonyl (C=O) groups is 1. The number of halogens is 4. The summed E-state index contributed by atoms with van der Waals surface area (Å²) in [5, 5.41) is 2.11. The number of benzene rings is 1. The van der Waals surface area contributed by atoms with E-state index in [2.05, 4.69) is 14.9 Å². The van der Waals surface area contributed by atoms with Gasteiger partial charge in [0, 0.05) is 32.6 Å². The number of hydrogen-bond acceptors (Lipinski definition) is 5. The molecule has 1 amide bonds. The molecule has 0 spiro atoms. The van der Waals surface area contributed by atoms with E-state index >= 15 is 0 Å². The van der Waals surface area contributed by atoms with Crippen LogP contribution in [0.4, 0.5) is 13.2 Å². The van der Waals surface area contributed by atoms with Crippen LogP contribution in [0, 0.1) is 0 Å². The molecule has 1 aliphatic heterocycles. The van der Waals surface area contributed by atoms with Crippen LogP contribution in [0.25, 0.3) is 0 Å². The average molecular weight is 472 g/mol. The van der Waals surface area contributed by atoms with Gasteiger partial charge in [0.05, 0.1) is 28.7 Å². The first-order chi connectivity index (χ1) is 14.1. The van der Waals surface area contributed by atoms with E-state index in [1.807, 2.05) is 0 Å². The van der Waals surface area contributed by atoms with Crippen molar-refractivity contribution in [3.8, 4) is 0 Å². The van der Waals surface area contributed by atoms with Crippen LogP contribution in [0.2, 0.25) is 5.02 Å². The number of rotatable bonds is 10. The minimum absolute atomic E-state index is 0.123. The zero-order valence-electron chi connectivity index (χ0n) is 16.3. The minimum Gasteiger partial charge on any atom is -0.379 e. The van der Waals surface area contributed by atoms with Gasteiger partial charge in [-0.15, -0.1) is 0 Å². The predicted octanol–water partition coefficient (Wildman–Crippen LogP) is 2.26. The average Bonchev–Trinajstić information content (AvgIpc) is 2.67. The number of ether oxygens (including phenoxy) is 1. The maximum atomic E-state index is 12.9. The quantitative estimate of drug-likeness (QED) is 0.511. The van der Waals surface area contributed by atoms with E-state index < -0.39 is 31.7 Å². The first-order valence-electron chi connectivity index (χ1n) is 9.53. The van der Waals surface area contributed by atoms with Crippen LogP contribution in [-0.2, 0) is 25.7 Å². The monoisotopic (exact) mass is 471 g/mol. The van der Waals surface area contributed by atoms with Crippen LogP contribution in [0.15, 0.2) is 23.1 Å². The molecule has 0 bridgehead atoms. The zero-order chi connectivity index (χ0) is 22.2. The molecule has 12 heteroatoms. The summed E-state index contributed by atoms with van der Waals surface area (Å²) in [6.45, 7) is 4.46. The van der Waals surface area contributed by atoms with Crippen molar-refractivity contribution in [3.05, 3.63) is 28.8 Å². The summed E-state index contributed by atoms with van der Waals surface area (Å²) in [6.07, 6.45) is -3.18. The van der Waals surface area contributed by atoms with E-state index in [-0.39, 0.29) is 18.9 Å². The molecule has 7 nitrogen and oxygen atoms in total. The summed E-state index contributed by atoms with van der Waals surface area (Å²) in [7, 11) is -4.20. The molecule has 170 valence electrons. The van der Waals surface area contributed by atoms with Crippen molar-refractivity contribution in [2.24, 2.45) is 0 Å². The number of unbranched alkanes of at least 4 members (excludes halogenated alkanes) is 1. The Bertz CT molecular complexity index is 815. The van der Waals surface area contributed by atoms with Crippen molar-refractivity contribution < 1.29 is 31.1 Å². The van der Waals surface area contributed by atoms with Gasteiger partial charge in [-0.25, -0.2) is 13.1 Å². The molecule has 0 atom stereocenters. The third kappa shape index (κ3) is 8.03. The zero-order valence-corrected chi connectivity index (χ0v) is 17.9. The van der Waals surface area contributed by atoms with Gasteiger partial charge in [-0.1, -0.05) is 11.6 Å². The highest BCUT2D eigenvalue weighted by molar-refractivity contribution is 7.89. The Morgan fingerprint density at radius 1 is 1.17 bits per heavy atom. The van der Waals surface area contributed by atoms with Crippen molar-refractivity contribution in [2.75, 3.05) is 45.9 Å². The van der Waals surface area contributed by atoms with Crippen LogP contribution in [0.5, 0.6) is 0 Å². The van der Waals surface area contributed by atoms with E-state index in [1.165, 1.54) is 0 Å². The molecule has 1 aromatic carbocycles. The molecule has 0 aliphatic carbocycles. The standard InChI is InChI=1S/C18H25ClF3N3O4S/c19-16-4-3-14(13-15(16)18(20,21)22)30(27,28)24-7-5-17(26)23-6-1-2-8-25-9-11-29-12-10-25/h3-4,13,24H,1-2,5-12H2,(H,23,26). The predicted molar refractivity (Wildman–Crippen MR) is 106 cm³/mol. The maximum absolute atomic E-state index is 12.9. The van der Waals surface area contributed by atoms with Crippen molar-refractivity contribution >= 4 is 27.5 Å². The van der Waals surface area contributed by atoms with Gasteiger partial charge in [0.25, 0.3) is 0 Å². The van der Waals surface area contributed by atoms with E-state index in [1.54, 1.807) is 0 Å². The van der Waals surface area contributed by atoms with Crippen LogP contribution < -0.4 is 10.0 Å². The molecule has 0 radical (unpaired) electrons. The minimum atomic E-state index is -4.77. The van der Waals surface area contributed by atoms with Gasteiger partial charge in [-0.2, -0.15) is 13.2 Å². The van der Waals surface area contributed by atoms with Crippen molar-refractivity contribution in [1.29, 1.82) is 0 Å². The Balaban J connectivity index is 1.70. The highest BCUT2D eigenvalue weighted by atomic mass is 35.5. The van der Waals surface area contributed by atoms with Crippen LogP contribution in [0.3, 0.4) is 0 Å². The lowest BCUT2D eigenvalue weighted by molar-refractivity contribution is -0.137. The molecule has 30 heavy (non-hydrogen) atoms. The maximum Gasteiger partial charge on any atom is 0.417 e. The fourth-order valence-corrected chi connectivity index (χ4v) is 4.15. The van der Waals surface area contributed by atoms with Crippen molar-refractivity contribution in [2.45, 2.75) is 30.3 Å². The lowest BCUT2D eigenvalue weighted by atomic mass is 10.2. The Kier molecular flexibility index (Phi) is 9.35. The van der Waals surface area contributed by atoms with Gasteiger partial charge in [0.2, 0.25) is 15.9 Å². The number of alkyl halides is 3. The highest BCUT2D eigenvalue weighted by Gasteiger charge is 2.34. The molecule has 0 saturated carbocycles. The SMILES string of the molecule is O=C(CCNS(=O)(=O)c1ccc(Cl)c(C(F)(F)F)c1)NCCCCN1CCOCC1. The molecular formula is C18H25ClF3N3O4S. The van der Waals surface area contributed by atoms with Gasteiger partial charge >= 0.3 is 6.18 Å². The topological polar surface area (TPSA) is 87.7 Å². The largest absolute Gasteiger partial charge is 0.417 e. The van der Waals surface area contributed by atoms with E-state index in [0.29, 0.717) is 12.6 Å². The van der Waals surface area contributed by atoms with E-state index in [0.717, 1.165) is 57.8 Å². The summed E-state index contributed by atoms with van der Waals surface area (Å²) < 4.78 is 70.5. The molecular weight excluding hydrogens is 447 g/mol. The highest BCUT2D eigenvalue weighted by Crippen LogP contribution is 2.35. The Labute approximate surface area is 179 Å². The molecule has 0 aromatic heterocycles. The third-order valence-corrected chi connectivity index (χ3v) is 6.31. The molecule has 0 unspecified atom stereocenters. The Morgan fingerprint density at radius 2 is 1.87 bits per heavy atom. The summed E-state index contributed by atoms with van der Waals surface area (Å²) in [5.41, 5.74) is -1.23. The fourth-order valence-electron chi connectivity index (χ4n) is 2.87. The second kappa shape index (κ2) is 11.3. The molecule has 1 fully saturated rings. The summed E-state index contributed by atoms with van der Waals surface area (Å²) >= 11 is 5.50. The van der Waals surface area contributed by atoms with E-state index in [9.17, 15) is 26.4 Å². The smallest absolute Gasteiger partial charge is 0.379 e. The van der Waals surface area contributed by atoms with Gasteiger partial charge < -0.3 is 10.1 Å². The lowest BCUT2D eigenvalue weighted by Gasteiger charge is -2.26. The number of nitrogens with one attached hydrogen (secondary N) is 2. The number of amides is 1. The van der Waals surface area contributed by atoms with Crippen LogP contribution >= 0.6 is 11.6 Å². The summed E-state index contributed by atoms with van der Waals surface area (Å²) in [4.78, 5) is 13.5. The number of nitrogens with zero attached hydrogens (tertiary/aromatic N) is 1. The molecule has 1 saturated heterocycles. The lowest BCUT2D eigenvalue weighted by Crippen LogP contribution is -2.37.